The Bertz CT molecular complexity index is 997. The first kappa shape index (κ1) is 22.0. The van der Waals surface area contributed by atoms with E-state index in [0.717, 1.165) is 11.1 Å². The van der Waals surface area contributed by atoms with Gasteiger partial charge in [-0.25, -0.2) is 0 Å². The van der Waals surface area contributed by atoms with E-state index in [-0.39, 0.29) is 23.8 Å². The lowest BCUT2D eigenvalue weighted by Gasteiger charge is -2.32. The van der Waals surface area contributed by atoms with Crippen LogP contribution in [0.5, 0.6) is 0 Å². The van der Waals surface area contributed by atoms with E-state index in [1.807, 2.05) is 47.4 Å². The number of amides is 2. The fourth-order valence-corrected chi connectivity index (χ4v) is 4.10. The summed E-state index contributed by atoms with van der Waals surface area (Å²) in [6.07, 6.45) is 6.54. The molecule has 6 nitrogen and oxygen atoms in total. The fourth-order valence-electron chi connectivity index (χ4n) is 3.97. The average Bonchev–Trinajstić information content (AvgIpc) is 2.85. The molecule has 2 amide bonds. The Morgan fingerprint density at radius 3 is 2.41 bits per heavy atom. The van der Waals surface area contributed by atoms with Gasteiger partial charge in [0.1, 0.15) is 0 Å². The lowest BCUT2D eigenvalue weighted by atomic mass is 9.94. The SMILES string of the molecule is O=C(NC(c1ccccc1)c1cnccn1)C1CCN(C(=O)Cc2ccc(Cl)cc2)CC1. The number of likely N-dealkylation sites (tertiary alicyclic amines) is 1. The second-order valence-electron chi connectivity index (χ2n) is 7.94. The van der Waals surface area contributed by atoms with E-state index in [1.165, 1.54) is 0 Å². The zero-order valence-electron chi connectivity index (χ0n) is 17.7. The van der Waals surface area contributed by atoms with E-state index in [2.05, 4.69) is 15.3 Å². The second kappa shape index (κ2) is 10.4. The number of halogens is 1. The lowest BCUT2D eigenvalue weighted by molar-refractivity contribution is -0.135. The van der Waals surface area contributed by atoms with Gasteiger partial charge in [-0.15, -0.1) is 0 Å². The molecule has 2 aromatic carbocycles. The molecule has 4 rings (SSSR count). The summed E-state index contributed by atoms with van der Waals surface area (Å²) in [6, 6.07) is 16.7. The van der Waals surface area contributed by atoms with E-state index in [1.54, 1.807) is 30.7 Å². The molecular weight excluding hydrogens is 424 g/mol. The molecule has 1 N–H and O–H groups in total. The van der Waals surface area contributed by atoms with Crippen LogP contribution < -0.4 is 5.32 Å². The molecule has 32 heavy (non-hydrogen) atoms. The third kappa shape index (κ3) is 5.51. The number of rotatable bonds is 6. The molecule has 1 aliphatic heterocycles. The third-order valence-corrected chi connectivity index (χ3v) is 6.04. The van der Waals surface area contributed by atoms with Gasteiger partial charge >= 0.3 is 0 Å². The van der Waals surface area contributed by atoms with Gasteiger partial charge in [-0.1, -0.05) is 54.1 Å². The molecule has 7 heteroatoms. The van der Waals surface area contributed by atoms with Crippen LogP contribution in [0.3, 0.4) is 0 Å². The molecular formula is C25H25ClN4O2. The lowest BCUT2D eigenvalue weighted by Crippen LogP contribution is -2.44. The van der Waals surface area contributed by atoms with Crippen molar-refractivity contribution >= 4 is 23.4 Å². The van der Waals surface area contributed by atoms with Gasteiger partial charge in [-0.05, 0) is 36.1 Å². The van der Waals surface area contributed by atoms with Crippen molar-refractivity contribution in [3.63, 3.8) is 0 Å². The maximum absolute atomic E-state index is 13.1. The summed E-state index contributed by atoms with van der Waals surface area (Å²) >= 11 is 5.92. The second-order valence-corrected chi connectivity index (χ2v) is 8.38. The van der Waals surface area contributed by atoms with Gasteiger partial charge in [0.25, 0.3) is 0 Å². The van der Waals surface area contributed by atoms with Crippen molar-refractivity contribution in [3.05, 3.63) is 95.0 Å². The molecule has 1 fully saturated rings. The van der Waals surface area contributed by atoms with Gasteiger partial charge in [0.15, 0.2) is 0 Å². The maximum Gasteiger partial charge on any atom is 0.226 e. The standard InChI is InChI=1S/C25H25ClN4O2/c26-21-8-6-18(7-9-21)16-23(31)30-14-10-20(11-15-30)25(32)29-24(19-4-2-1-3-5-19)22-17-27-12-13-28-22/h1-9,12-13,17,20,24H,10-11,14-16H2,(H,29,32). The number of nitrogens with zero attached hydrogens (tertiary/aromatic N) is 3. The highest BCUT2D eigenvalue weighted by Crippen LogP contribution is 2.23. The number of carbonyl (C=O) groups is 2. The minimum absolute atomic E-state index is 0.0192. The first-order chi connectivity index (χ1) is 15.6. The first-order valence-electron chi connectivity index (χ1n) is 10.7. The number of piperidine rings is 1. The highest BCUT2D eigenvalue weighted by molar-refractivity contribution is 6.30. The molecule has 0 spiro atoms. The molecule has 1 aliphatic rings. The number of hydrogen-bond acceptors (Lipinski definition) is 4. The molecule has 2 heterocycles. The Labute approximate surface area is 192 Å². The topological polar surface area (TPSA) is 75.2 Å². The quantitative estimate of drug-likeness (QED) is 0.622. The van der Waals surface area contributed by atoms with Crippen LogP contribution >= 0.6 is 11.6 Å². The number of carbonyl (C=O) groups excluding carboxylic acids is 2. The minimum atomic E-state index is -0.359. The summed E-state index contributed by atoms with van der Waals surface area (Å²) in [5.74, 6) is -0.0836. The first-order valence-corrected chi connectivity index (χ1v) is 11.1. The van der Waals surface area contributed by atoms with Crippen molar-refractivity contribution in [1.82, 2.24) is 20.2 Å². The van der Waals surface area contributed by atoms with Crippen LogP contribution in [-0.2, 0) is 16.0 Å². The maximum atomic E-state index is 13.1. The Hall–Kier alpha value is -3.25. The van der Waals surface area contributed by atoms with Crippen LogP contribution in [0.15, 0.2) is 73.2 Å². The van der Waals surface area contributed by atoms with Crippen molar-refractivity contribution in [2.45, 2.75) is 25.3 Å². The van der Waals surface area contributed by atoms with Crippen LogP contribution in [0, 0.1) is 5.92 Å². The van der Waals surface area contributed by atoms with Gasteiger partial charge < -0.3 is 10.2 Å². The highest BCUT2D eigenvalue weighted by atomic mass is 35.5. The molecule has 3 aromatic rings. The van der Waals surface area contributed by atoms with Crippen LogP contribution in [0.1, 0.15) is 35.7 Å². The molecule has 1 unspecified atom stereocenters. The highest BCUT2D eigenvalue weighted by Gasteiger charge is 2.29. The average molecular weight is 449 g/mol. The number of aromatic nitrogens is 2. The van der Waals surface area contributed by atoms with Crippen molar-refractivity contribution in [1.29, 1.82) is 0 Å². The molecule has 1 atom stereocenters. The van der Waals surface area contributed by atoms with Gasteiger partial charge in [0, 0.05) is 36.4 Å². The van der Waals surface area contributed by atoms with Crippen molar-refractivity contribution in [2.75, 3.05) is 13.1 Å². The zero-order valence-corrected chi connectivity index (χ0v) is 18.4. The summed E-state index contributed by atoms with van der Waals surface area (Å²) < 4.78 is 0. The van der Waals surface area contributed by atoms with Gasteiger partial charge in [-0.3, -0.25) is 19.6 Å². The Kier molecular flexibility index (Phi) is 7.12. The smallest absolute Gasteiger partial charge is 0.226 e. The fraction of sp³-hybridized carbons (Fsp3) is 0.280. The predicted molar refractivity (Wildman–Crippen MR) is 123 cm³/mol. The number of benzene rings is 2. The van der Waals surface area contributed by atoms with Crippen molar-refractivity contribution in [3.8, 4) is 0 Å². The van der Waals surface area contributed by atoms with Crippen molar-refractivity contribution < 1.29 is 9.59 Å². The van der Waals surface area contributed by atoms with Crippen LogP contribution in [0.25, 0.3) is 0 Å². The molecule has 0 saturated carbocycles. The molecule has 0 bridgehead atoms. The Balaban J connectivity index is 1.36. The van der Waals surface area contributed by atoms with E-state index < -0.39 is 0 Å². The van der Waals surface area contributed by atoms with Gasteiger partial charge in [0.05, 0.1) is 24.4 Å². The van der Waals surface area contributed by atoms with E-state index in [4.69, 9.17) is 11.6 Å². The summed E-state index contributed by atoms with van der Waals surface area (Å²) in [6.45, 7) is 1.15. The molecule has 164 valence electrons. The number of hydrogen-bond donors (Lipinski definition) is 1. The Morgan fingerprint density at radius 1 is 1.03 bits per heavy atom. The van der Waals surface area contributed by atoms with Crippen molar-refractivity contribution in [2.24, 2.45) is 5.92 Å². The Morgan fingerprint density at radius 2 is 1.75 bits per heavy atom. The molecule has 1 saturated heterocycles. The van der Waals surface area contributed by atoms with Crippen LogP contribution in [0.2, 0.25) is 5.02 Å². The summed E-state index contributed by atoms with van der Waals surface area (Å²) in [5.41, 5.74) is 2.59. The summed E-state index contributed by atoms with van der Waals surface area (Å²) in [5, 5.41) is 3.81. The molecule has 1 aromatic heterocycles. The van der Waals surface area contributed by atoms with Gasteiger partial charge in [0.2, 0.25) is 11.8 Å². The summed E-state index contributed by atoms with van der Waals surface area (Å²) in [7, 11) is 0. The monoisotopic (exact) mass is 448 g/mol. The number of nitrogens with one attached hydrogen (secondary N) is 1. The van der Waals surface area contributed by atoms with E-state index >= 15 is 0 Å². The third-order valence-electron chi connectivity index (χ3n) is 5.79. The van der Waals surface area contributed by atoms with E-state index in [0.29, 0.717) is 43.1 Å². The van der Waals surface area contributed by atoms with Gasteiger partial charge in [-0.2, -0.15) is 0 Å². The van der Waals surface area contributed by atoms with E-state index in [9.17, 15) is 9.59 Å². The van der Waals surface area contributed by atoms with Crippen LogP contribution in [-0.4, -0.2) is 39.8 Å². The normalized spacial score (nSPS) is 15.2. The summed E-state index contributed by atoms with van der Waals surface area (Å²) in [4.78, 5) is 36.1. The largest absolute Gasteiger partial charge is 0.343 e. The molecule has 0 aliphatic carbocycles. The van der Waals surface area contributed by atoms with Crippen LogP contribution in [0.4, 0.5) is 0 Å². The molecule has 0 radical (unpaired) electrons. The zero-order chi connectivity index (χ0) is 22.3. The minimum Gasteiger partial charge on any atom is -0.343 e. The predicted octanol–water partition coefficient (Wildman–Crippen LogP) is 3.82.